The van der Waals surface area contributed by atoms with Crippen molar-refractivity contribution in [3.05, 3.63) is 34.9 Å². The molecule has 1 atom stereocenters. The fraction of sp³-hybridized carbons (Fsp3) is 0.600. The molecule has 4 heteroatoms. The third-order valence-electron chi connectivity index (χ3n) is 2.71. The summed E-state index contributed by atoms with van der Waals surface area (Å²) in [4.78, 5) is 0. The van der Waals surface area contributed by atoms with Gasteiger partial charge in [-0.3, -0.25) is 10.9 Å². The molecule has 0 fully saturated rings. The highest BCUT2D eigenvalue weighted by Crippen LogP contribution is 2.16. The summed E-state index contributed by atoms with van der Waals surface area (Å²) in [6.45, 7) is 8.96. The van der Waals surface area contributed by atoms with Gasteiger partial charge in [-0.05, 0) is 37.0 Å². The Bertz CT molecular complexity index is 358. The lowest BCUT2D eigenvalue weighted by Gasteiger charge is -2.15. The summed E-state index contributed by atoms with van der Waals surface area (Å²) in [7, 11) is 0. The maximum Gasteiger partial charge on any atom is 0.0489 e. The van der Waals surface area contributed by atoms with Crippen molar-refractivity contribution in [2.45, 2.75) is 33.2 Å². The summed E-state index contributed by atoms with van der Waals surface area (Å²) >= 11 is 5.97. The standard InChI is InChI=1S/C15H25ClN2O/c1-12(2)11-19-9-5-8-17-18-13(3)14-6-4-7-15(16)10-14/h4,6-7,10,12-13,17-18H,5,8-9,11H2,1-3H3. The van der Waals surface area contributed by atoms with Gasteiger partial charge >= 0.3 is 0 Å². The van der Waals surface area contributed by atoms with Crippen LogP contribution in [-0.2, 0) is 4.74 Å². The van der Waals surface area contributed by atoms with Crippen LogP contribution >= 0.6 is 11.6 Å². The quantitative estimate of drug-likeness (QED) is 0.537. The molecule has 0 aromatic heterocycles. The number of nitrogens with one attached hydrogen (secondary N) is 2. The Labute approximate surface area is 121 Å². The maximum atomic E-state index is 5.97. The highest BCUT2D eigenvalue weighted by atomic mass is 35.5. The molecule has 1 aromatic rings. The van der Waals surface area contributed by atoms with E-state index in [-0.39, 0.29) is 6.04 Å². The van der Waals surface area contributed by atoms with Gasteiger partial charge in [-0.2, -0.15) is 0 Å². The minimum absolute atomic E-state index is 0.232. The molecular formula is C15H25ClN2O. The molecule has 19 heavy (non-hydrogen) atoms. The molecule has 0 aliphatic heterocycles. The molecule has 0 heterocycles. The minimum Gasteiger partial charge on any atom is -0.381 e. The highest BCUT2D eigenvalue weighted by molar-refractivity contribution is 6.30. The molecule has 1 aromatic carbocycles. The molecule has 3 nitrogen and oxygen atoms in total. The Morgan fingerprint density at radius 2 is 2.05 bits per heavy atom. The molecule has 1 rings (SSSR count). The average molecular weight is 285 g/mol. The summed E-state index contributed by atoms with van der Waals surface area (Å²) in [6, 6.07) is 8.13. The van der Waals surface area contributed by atoms with Crippen LogP contribution < -0.4 is 10.9 Å². The summed E-state index contributed by atoms with van der Waals surface area (Å²) in [5, 5.41) is 0.772. The first-order valence-corrected chi connectivity index (χ1v) is 7.29. The van der Waals surface area contributed by atoms with Crippen LogP contribution in [0.1, 0.15) is 38.8 Å². The van der Waals surface area contributed by atoms with Crippen molar-refractivity contribution < 1.29 is 4.74 Å². The smallest absolute Gasteiger partial charge is 0.0489 e. The Balaban J connectivity index is 2.09. The van der Waals surface area contributed by atoms with Gasteiger partial charge in [0, 0.05) is 30.8 Å². The molecule has 0 bridgehead atoms. The minimum atomic E-state index is 0.232. The van der Waals surface area contributed by atoms with Crippen molar-refractivity contribution in [2.24, 2.45) is 5.92 Å². The van der Waals surface area contributed by atoms with E-state index in [0.717, 1.165) is 31.2 Å². The van der Waals surface area contributed by atoms with E-state index >= 15 is 0 Å². The number of hydrogen-bond acceptors (Lipinski definition) is 3. The average Bonchev–Trinajstić information content (AvgIpc) is 2.37. The van der Waals surface area contributed by atoms with E-state index < -0.39 is 0 Å². The van der Waals surface area contributed by atoms with E-state index in [1.807, 2.05) is 18.2 Å². The lowest BCUT2D eigenvalue weighted by Crippen LogP contribution is -2.35. The van der Waals surface area contributed by atoms with E-state index in [4.69, 9.17) is 16.3 Å². The van der Waals surface area contributed by atoms with Gasteiger partial charge in [0.15, 0.2) is 0 Å². The number of rotatable bonds is 9. The number of hydrogen-bond donors (Lipinski definition) is 2. The van der Waals surface area contributed by atoms with Crippen LogP contribution in [0.25, 0.3) is 0 Å². The molecule has 0 spiro atoms. The first-order valence-electron chi connectivity index (χ1n) is 6.91. The zero-order valence-corrected chi connectivity index (χ0v) is 12.8. The van der Waals surface area contributed by atoms with E-state index in [2.05, 4.69) is 37.7 Å². The topological polar surface area (TPSA) is 33.3 Å². The summed E-state index contributed by atoms with van der Waals surface area (Å²) in [5.41, 5.74) is 7.66. The lowest BCUT2D eigenvalue weighted by molar-refractivity contribution is 0.107. The SMILES string of the molecule is CC(C)COCCCNNC(C)c1cccc(Cl)c1. The van der Waals surface area contributed by atoms with Crippen LogP contribution in [0.4, 0.5) is 0 Å². The number of ether oxygens (including phenoxy) is 1. The van der Waals surface area contributed by atoms with Crippen LogP contribution in [0.5, 0.6) is 0 Å². The first-order chi connectivity index (χ1) is 9.09. The number of halogens is 1. The molecule has 0 amide bonds. The molecule has 2 N–H and O–H groups in total. The van der Waals surface area contributed by atoms with Crippen molar-refractivity contribution >= 4 is 11.6 Å². The van der Waals surface area contributed by atoms with Gasteiger partial charge in [-0.15, -0.1) is 0 Å². The van der Waals surface area contributed by atoms with Gasteiger partial charge < -0.3 is 4.74 Å². The molecule has 0 saturated carbocycles. The second-order valence-electron chi connectivity index (χ2n) is 5.17. The Hall–Kier alpha value is -0.610. The predicted molar refractivity (Wildman–Crippen MR) is 81.3 cm³/mol. The molecule has 0 aliphatic carbocycles. The predicted octanol–water partition coefficient (Wildman–Crippen LogP) is 3.56. The van der Waals surface area contributed by atoms with Crippen molar-refractivity contribution in [1.29, 1.82) is 0 Å². The van der Waals surface area contributed by atoms with Crippen molar-refractivity contribution in [3.63, 3.8) is 0 Å². The van der Waals surface area contributed by atoms with Crippen LogP contribution in [0.15, 0.2) is 24.3 Å². The largest absolute Gasteiger partial charge is 0.381 e. The van der Waals surface area contributed by atoms with E-state index in [0.29, 0.717) is 5.92 Å². The zero-order valence-electron chi connectivity index (χ0n) is 12.1. The highest BCUT2D eigenvalue weighted by Gasteiger charge is 2.04. The molecule has 108 valence electrons. The second kappa shape index (κ2) is 9.32. The molecule has 0 aliphatic rings. The van der Waals surface area contributed by atoms with Gasteiger partial charge in [0.25, 0.3) is 0 Å². The van der Waals surface area contributed by atoms with E-state index in [1.54, 1.807) is 0 Å². The first kappa shape index (κ1) is 16.4. The third-order valence-corrected chi connectivity index (χ3v) is 2.94. The zero-order chi connectivity index (χ0) is 14.1. The molecular weight excluding hydrogens is 260 g/mol. The van der Waals surface area contributed by atoms with Crippen LogP contribution in [0.3, 0.4) is 0 Å². The van der Waals surface area contributed by atoms with Gasteiger partial charge in [0.05, 0.1) is 0 Å². The van der Waals surface area contributed by atoms with Gasteiger partial charge in [0.2, 0.25) is 0 Å². The fourth-order valence-corrected chi connectivity index (χ4v) is 1.86. The second-order valence-corrected chi connectivity index (χ2v) is 5.61. The van der Waals surface area contributed by atoms with Crippen molar-refractivity contribution in [1.82, 2.24) is 10.9 Å². The van der Waals surface area contributed by atoms with E-state index in [9.17, 15) is 0 Å². The van der Waals surface area contributed by atoms with Gasteiger partial charge in [-0.25, -0.2) is 0 Å². The van der Waals surface area contributed by atoms with Crippen LogP contribution in [0, 0.1) is 5.92 Å². The van der Waals surface area contributed by atoms with E-state index in [1.165, 1.54) is 5.56 Å². The molecule has 0 saturated heterocycles. The van der Waals surface area contributed by atoms with Gasteiger partial charge in [-0.1, -0.05) is 37.6 Å². The Morgan fingerprint density at radius 3 is 2.74 bits per heavy atom. The van der Waals surface area contributed by atoms with Crippen molar-refractivity contribution in [3.8, 4) is 0 Å². The number of benzene rings is 1. The third kappa shape index (κ3) is 7.53. The van der Waals surface area contributed by atoms with Crippen LogP contribution in [0.2, 0.25) is 5.02 Å². The summed E-state index contributed by atoms with van der Waals surface area (Å²) < 4.78 is 5.52. The molecule has 1 unspecified atom stereocenters. The molecule has 0 radical (unpaired) electrons. The normalized spacial score (nSPS) is 12.9. The monoisotopic (exact) mass is 284 g/mol. The van der Waals surface area contributed by atoms with Gasteiger partial charge in [0.1, 0.15) is 0 Å². The summed E-state index contributed by atoms with van der Waals surface area (Å²) in [6.07, 6.45) is 1.00. The Morgan fingerprint density at radius 1 is 1.26 bits per heavy atom. The lowest BCUT2D eigenvalue weighted by atomic mass is 10.1. The van der Waals surface area contributed by atoms with Crippen molar-refractivity contribution in [2.75, 3.05) is 19.8 Å². The Kier molecular flexibility index (Phi) is 8.07. The maximum absolute atomic E-state index is 5.97. The number of hydrazine groups is 1. The van der Waals surface area contributed by atoms with Crippen LogP contribution in [-0.4, -0.2) is 19.8 Å². The fourth-order valence-electron chi connectivity index (χ4n) is 1.67. The summed E-state index contributed by atoms with van der Waals surface area (Å²) in [5.74, 6) is 0.605.